The van der Waals surface area contributed by atoms with Crippen LogP contribution in [0.25, 0.3) is 6.08 Å². The lowest BCUT2D eigenvalue weighted by Crippen LogP contribution is -2.45. The fourth-order valence-electron chi connectivity index (χ4n) is 6.47. The number of esters is 1. The summed E-state index contributed by atoms with van der Waals surface area (Å²) in [6.07, 6.45) is 3.06. The standard InChI is InChI=1S/C34H25ClN2O4/c35-24-15-9-16-25(20-24)37-32(38)27-28(33(37)39)30(36-19-18-21-10-7-8-17-26(21)29(27)36)34(40)41-31(22-11-3-1-4-12-22)23-13-5-2-6-14-23/h1-20,27-31H/t27-,28-,29+,30+/m0/s1. The van der Waals surface area contributed by atoms with Gasteiger partial charge in [-0.05, 0) is 46.5 Å². The molecule has 6 nitrogen and oxygen atoms in total. The predicted octanol–water partition coefficient (Wildman–Crippen LogP) is 6.19. The average Bonchev–Trinajstić information content (AvgIpc) is 3.48. The number of amides is 2. The van der Waals surface area contributed by atoms with Crippen LogP contribution >= 0.6 is 11.6 Å². The number of nitrogens with zero attached hydrogens (tertiary/aromatic N) is 2. The maximum Gasteiger partial charge on any atom is 0.330 e. The Morgan fingerprint density at radius 1 is 0.756 bits per heavy atom. The number of hydrogen-bond acceptors (Lipinski definition) is 5. The van der Waals surface area contributed by atoms with Gasteiger partial charge in [-0.1, -0.05) is 103 Å². The largest absolute Gasteiger partial charge is 0.451 e. The third-order valence-electron chi connectivity index (χ3n) is 8.21. The monoisotopic (exact) mass is 560 g/mol. The first-order valence-corrected chi connectivity index (χ1v) is 13.9. The highest BCUT2D eigenvalue weighted by atomic mass is 35.5. The van der Waals surface area contributed by atoms with Gasteiger partial charge >= 0.3 is 5.97 Å². The molecule has 0 spiro atoms. The molecular weight excluding hydrogens is 536 g/mol. The zero-order valence-corrected chi connectivity index (χ0v) is 22.6. The first-order valence-electron chi connectivity index (χ1n) is 13.5. The Balaban J connectivity index is 1.32. The number of hydrogen-bond donors (Lipinski definition) is 0. The van der Waals surface area contributed by atoms with Gasteiger partial charge in [-0.15, -0.1) is 0 Å². The van der Waals surface area contributed by atoms with Crippen molar-refractivity contribution in [2.24, 2.45) is 11.8 Å². The topological polar surface area (TPSA) is 66.9 Å². The number of fused-ring (bicyclic) bond motifs is 5. The molecule has 0 aromatic heterocycles. The molecule has 0 unspecified atom stereocenters. The second kappa shape index (κ2) is 10.1. The van der Waals surface area contributed by atoms with Crippen molar-refractivity contribution in [2.45, 2.75) is 18.2 Å². The molecule has 3 aliphatic heterocycles. The van der Waals surface area contributed by atoms with Gasteiger partial charge in [0.1, 0.15) is 6.04 Å². The van der Waals surface area contributed by atoms with Crippen LogP contribution in [0.1, 0.15) is 34.4 Å². The number of carbonyl (C=O) groups is 3. The molecule has 0 saturated carbocycles. The molecular formula is C34H25ClN2O4. The van der Waals surface area contributed by atoms with Crippen molar-refractivity contribution < 1.29 is 19.1 Å². The van der Waals surface area contributed by atoms with Gasteiger partial charge in [0.15, 0.2) is 6.10 Å². The summed E-state index contributed by atoms with van der Waals surface area (Å²) in [5, 5.41) is 0.414. The van der Waals surface area contributed by atoms with E-state index in [1.165, 1.54) is 4.90 Å². The summed E-state index contributed by atoms with van der Waals surface area (Å²) in [5.74, 6) is -3.03. The molecule has 4 atom stereocenters. The Labute approximate surface area is 242 Å². The highest BCUT2D eigenvalue weighted by Gasteiger charge is 2.65. The lowest BCUT2D eigenvalue weighted by molar-refractivity contribution is -0.155. The van der Waals surface area contributed by atoms with E-state index in [1.807, 2.05) is 102 Å². The molecule has 2 amide bonds. The van der Waals surface area contributed by atoms with E-state index in [0.29, 0.717) is 10.7 Å². The number of rotatable bonds is 5. The van der Waals surface area contributed by atoms with E-state index in [1.54, 1.807) is 24.3 Å². The average molecular weight is 561 g/mol. The highest BCUT2D eigenvalue weighted by molar-refractivity contribution is 6.31. The molecule has 202 valence electrons. The number of carbonyl (C=O) groups excluding carboxylic acids is 3. The smallest absolute Gasteiger partial charge is 0.330 e. The van der Waals surface area contributed by atoms with Crippen LogP contribution < -0.4 is 4.90 Å². The SMILES string of the molecule is O=C(OC(c1ccccc1)c1ccccc1)[C@H]1[C@H]2C(=O)N(c3cccc(Cl)c3)C(=O)[C@@H]2[C@H]2c3ccccc3C=CN21. The lowest BCUT2D eigenvalue weighted by Gasteiger charge is -2.35. The van der Waals surface area contributed by atoms with Crippen molar-refractivity contribution in [3.8, 4) is 0 Å². The van der Waals surface area contributed by atoms with Crippen LogP contribution in [0.15, 0.2) is 115 Å². The van der Waals surface area contributed by atoms with Gasteiger partial charge in [0, 0.05) is 11.2 Å². The second-order valence-corrected chi connectivity index (χ2v) is 10.9. The second-order valence-electron chi connectivity index (χ2n) is 10.5. The number of halogens is 1. The summed E-state index contributed by atoms with van der Waals surface area (Å²) in [6.45, 7) is 0. The molecule has 4 aromatic rings. The van der Waals surface area contributed by atoms with Crippen LogP contribution in [-0.4, -0.2) is 28.7 Å². The zero-order chi connectivity index (χ0) is 28.1. The molecule has 2 fully saturated rings. The Morgan fingerprint density at radius 2 is 1.39 bits per heavy atom. The van der Waals surface area contributed by atoms with E-state index in [4.69, 9.17) is 16.3 Å². The van der Waals surface area contributed by atoms with Gasteiger partial charge in [0.05, 0.1) is 23.6 Å². The van der Waals surface area contributed by atoms with E-state index >= 15 is 0 Å². The first kappa shape index (κ1) is 25.3. The summed E-state index contributed by atoms with van der Waals surface area (Å²) >= 11 is 6.23. The quantitative estimate of drug-likeness (QED) is 0.215. The van der Waals surface area contributed by atoms with Crippen molar-refractivity contribution in [1.82, 2.24) is 4.90 Å². The molecule has 4 aromatic carbocycles. The van der Waals surface area contributed by atoms with Crippen molar-refractivity contribution in [3.63, 3.8) is 0 Å². The van der Waals surface area contributed by atoms with Gasteiger partial charge < -0.3 is 9.64 Å². The minimum atomic E-state index is -0.995. The van der Waals surface area contributed by atoms with E-state index in [0.717, 1.165) is 22.3 Å². The van der Waals surface area contributed by atoms with Crippen LogP contribution in [0.2, 0.25) is 5.02 Å². The zero-order valence-electron chi connectivity index (χ0n) is 21.8. The maximum atomic E-state index is 14.3. The fraction of sp³-hybridized carbons (Fsp3) is 0.147. The van der Waals surface area contributed by atoms with Gasteiger partial charge in [-0.2, -0.15) is 0 Å². The van der Waals surface area contributed by atoms with Crippen molar-refractivity contribution >= 4 is 41.1 Å². The Kier molecular flexibility index (Phi) is 6.20. The molecule has 0 bridgehead atoms. The Morgan fingerprint density at radius 3 is 2.07 bits per heavy atom. The molecule has 0 N–H and O–H groups in total. The number of ether oxygens (including phenoxy) is 1. The van der Waals surface area contributed by atoms with E-state index in [-0.39, 0.29) is 5.91 Å². The number of benzene rings is 4. The van der Waals surface area contributed by atoms with Gasteiger partial charge in [0.25, 0.3) is 0 Å². The number of imide groups is 1. The van der Waals surface area contributed by atoms with E-state index < -0.39 is 41.9 Å². The summed E-state index contributed by atoms with van der Waals surface area (Å²) in [4.78, 5) is 45.5. The van der Waals surface area contributed by atoms with Gasteiger partial charge in [0.2, 0.25) is 11.8 Å². The minimum absolute atomic E-state index is 0.347. The van der Waals surface area contributed by atoms with E-state index in [9.17, 15) is 14.4 Å². The third-order valence-corrected chi connectivity index (χ3v) is 8.44. The fourth-order valence-corrected chi connectivity index (χ4v) is 6.65. The maximum absolute atomic E-state index is 14.3. The third kappa shape index (κ3) is 4.14. The minimum Gasteiger partial charge on any atom is -0.451 e. The molecule has 0 aliphatic carbocycles. The summed E-state index contributed by atoms with van der Waals surface area (Å²) in [5.41, 5.74) is 3.87. The van der Waals surface area contributed by atoms with Crippen LogP contribution in [-0.2, 0) is 19.1 Å². The normalized spacial score (nSPS) is 22.5. The van der Waals surface area contributed by atoms with Crippen LogP contribution in [0.3, 0.4) is 0 Å². The molecule has 3 heterocycles. The van der Waals surface area contributed by atoms with Crippen LogP contribution in [0.4, 0.5) is 5.69 Å². The lowest BCUT2D eigenvalue weighted by atomic mass is 9.84. The summed E-state index contributed by atoms with van der Waals surface area (Å²) < 4.78 is 6.28. The number of anilines is 1. The predicted molar refractivity (Wildman–Crippen MR) is 156 cm³/mol. The van der Waals surface area contributed by atoms with Crippen molar-refractivity contribution in [1.29, 1.82) is 0 Å². The highest BCUT2D eigenvalue weighted by Crippen LogP contribution is 2.53. The molecule has 7 rings (SSSR count). The molecule has 41 heavy (non-hydrogen) atoms. The summed E-state index contributed by atoms with van der Waals surface area (Å²) in [7, 11) is 0. The van der Waals surface area contributed by atoms with Crippen molar-refractivity contribution in [3.05, 3.63) is 143 Å². The van der Waals surface area contributed by atoms with Crippen molar-refractivity contribution in [2.75, 3.05) is 4.90 Å². The Hall–Kier alpha value is -4.68. The van der Waals surface area contributed by atoms with Gasteiger partial charge in [-0.3, -0.25) is 9.59 Å². The Bertz CT molecular complexity index is 1650. The molecule has 2 saturated heterocycles. The summed E-state index contributed by atoms with van der Waals surface area (Å²) in [6, 6.07) is 32.0. The molecule has 0 radical (unpaired) electrons. The van der Waals surface area contributed by atoms with Crippen LogP contribution in [0, 0.1) is 11.8 Å². The molecule has 3 aliphatic rings. The molecule has 7 heteroatoms. The first-order chi connectivity index (χ1) is 20.0. The van der Waals surface area contributed by atoms with E-state index in [2.05, 4.69) is 0 Å². The van der Waals surface area contributed by atoms with Gasteiger partial charge in [-0.25, -0.2) is 9.69 Å². The van der Waals surface area contributed by atoms with Crippen LogP contribution in [0.5, 0.6) is 0 Å².